The van der Waals surface area contributed by atoms with Gasteiger partial charge in [0.05, 0.1) is 7.11 Å². The van der Waals surface area contributed by atoms with Gasteiger partial charge in [-0.05, 0) is 36.8 Å². The van der Waals surface area contributed by atoms with E-state index in [0.717, 1.165) is 15.7 Å². The van der Waals surface area contributed by atoms with E-state index in [9.17, 15) is 4.79 Å². The van der Waals surface area contributed by atoms with Gasteiger partial charge in [-0.3, -0.25) is 0 Å². The number of carbonyl (C=O) groups excluding carboxylic acids is 1. The zero-order valence-corrected chi connectivity index (χ0v) is 14.0. The van der Waals surface area contributed by atoms with Crippen molar-refractivity contribution in [3.8, 4) is 0 Å². The van der Waals surface area contributed by atoms with E-state index in [1.54, 1.807) is 12.1 Å². The quantitative estimate of drug-likeness (QED) is 0.792. The molecule has 0 spiro atoms. The summed E-state index contributed by atoms with van der Waals surface area (Å²) in [6, 6.07) is 12.5. The summed E-state index contributed by atoms with van der Waals surface area (Å²) < 4.78 is 5.74. The predicted molar refractivity (Wildman–Crippen MR) is 88.7 cm³/mol. The van der Waals surface area contributed by atoms with Crippen LogP contribution in [0.4, 0.5) is 5.69 Å². The second kappa shape index (κ2) is 6.96. The van der Waals surface area contributed by atoms with Gasteiger partial charge in [0.25, 0.3) is 0 Å². The molecule has 0 aliphatic carbocycles. The fourth-order valence-electron chi connectivity index (χ4n) is 2.02. The second-order valence-corrected chi connectivity index (χ2v) is 5.96. The van der Waals surface area contributed by atoms with Crippen LogP contribution in [0.25, 0.3) is 0 Å². The molecule has 0 aliphatic rings. The Morgan fingerprint density at radius 2 is 2.05 bits per heavy atom. The Balaban J connectivity index is 2.37. The maximum Gasteiger partial charge on any atom is 0.333 e. The number of halogens is 2. The van der Waals surface area contributed by atoms with Crippen molar-refractivity contribution < 1.29 is 9.53 Å². The largest absolute Gasteiger partial charge is 0.467 e. The van der Waals surface area contributed by atoms with E-state index in [2.05, 4.69) is 21.2 Å². The minimum atomic E-state index is -0.655. The van der Waals surface area contributed by atoms with Crippen LogP contribution >= 0.6 is 27.5 Å². The Hall–Kier alpha value is -1.52. The molecule has 0 aliphatic heterocycles. The van der Waals surface area contributed by atoms with Crippen LogP contribution in [0, 0.1) is 6.92 Å². The number of anilines is 1. The highest BCUT2D eigenvalue weighted by molar-refractivity contribution is 9.10. The zero-order valence-electron chi connectivity index (χ0n) is 11.7. The average molecular weight is 369 g/mol. The molecule has 3 nitrogen and oxygen atoms in total. The van der Waals surface area contributed by atoms with Gasteiger partial charge < -0.3 is 10.1 Å². The van der Waals surface area contributed by atoms with Gasteiger partial charge in [-0.1, -0.05) is 45.7 Å². The maximum absolute atomic E-state index is 12.1. The molecule has 5 heteroatoms. The van der Waals surface area contributed by atoms with Gasteiger partial charge in [0.15, 0.2) is 6.04 Å². The third-order valence-corrected chi connectivity index (χ3v) is 3.86. The Kier molecular flexibility index (Phi) is 5.26. The number of esters is 1. The first-order valence-corrected chi connectivity index (χ1v) is 7.54. The molecule has 0 heterocycles. The summed E-state index contributed by atoms with van der Waals surface area (Å²) in [5, 5.41) is 3.67. The summed E-state index contributed by atoms with van der Waals surface area (Å²) in [5.41, 5.74) is 2.61. The van der Waals surface area contributed by atoms with E-state index >= 15 is 0 Å². The molecule has 2 aromatic rings. The molecule has 0 radical (unpaired) electrons. The lowest BCUT2D eigenvalue weighted by Crippen LogP contribution is -2.22. The summed E-state index contributed by atoms with van der Waals surface area (Å²) in [7, 11) is 1.36. The van der Waals surface area contributed by atoms with E-state index in [-0.39, 0.29) is 5.97 Å². The molecule has 0 saturated heterocycles. The molecule has 21 heavy (non-hydrogen) atoms. The monoisotopic (exact) mass is 367 g/mol. The molecule has 0 aromatic heterocycles. The predicted octanol–water partition coefficient (Wildman–Crippen LogP) is 4.74. The van der Waals surface area contributed by atoms with Crippen molar-refractivity contribution in [3.05, 3.63) is 63.1 Å². The highest BCUT2D eigenvalue weighted by Crippen LogP contribution is 2.29. The van der Waals surface area contributed by atoms with Crippen molar-refractivity contribution in [2.24, 2.45) is 0 Å². The van der Waals surface area contributed by atoms with Crippen molar-refractivity contribution in [2.75, 3.05) is 12.4 Å². The number of ether oxygens (including phenoxy) is 1. The molecular formula is C16H15BrClNO2. The molecule has 1 atom stereocenters. The van der Waals surface area contributed by atoms with Gasteiger partial charge >= 0.3 is 5.97 Å². The number of nitrogens with one attached hydrogen (secondary N) is 1. The van der Waals surface area contributed by atoms with Gasteiger partial charge in [-0.2, -0.15) is 0 Å². The maximum atomic E-state index is 12.1. The van der Waals surface area contributed by atoms with E-state index in [1.165, 1.54) is 7.11 Å². The van der Waals surface area contributed by atoms with Crippen LogP contribution in [0.1, 0.15) is 17.2 Å². The number of hydrogen-bond donors (Lipinski definition) is 1. The minimum absolute atomic E-state index is 0.388. The van der Waals surface area contributed by atoms with Crippen molar-refractivity contribution in [2.45, 2.75) is 13.0 Å². The van der Waals surface area contributed by atoms with E-state index in [0.29, 0.717) is 10.6 Å². The lowest BCUT2D eigenvalue weighted by Gasteiger charge is -2.19. The molecule has 0 amide bonds. The number of methoxy groups -OCH3 is 1. The highest BCUT2D eigenvalue weighted by atomic mass is 79.9. The number of benzene rings is 2. The lowest BCUT2D eigenvalue weighted by atomic mass is 10.1. The molecule has 2 aromatic carbocycles. The Morgan fingerprint density at radius 1 is 1.29 bits per heavy atom. The second-order valence-electron chi connectivity index (χ2n) is 4.64. The minimum Gasteiger partial charge on any atom is -0.467 e. The summed E-state index contributed by atoms with van der Waals surface area (Å²) in [4.78, 5) is 12.1. The smallest absolute Gasteiger partial charge is 0.333 e. The van der Waals surface area contributed by atoms with Crippen LogP contribution < -0.4 is 5.32 Å². The average Bonchev–Trinajstić information content (AvgIpc) is 2.45. The van der Waals surface area contributed by atoms with Gasteiger partial charge in [-0.25, -0.2) is 4.79 Å². The van der Waals surface area contributed by atoms with E-state index < -0.39 is 6.04 Å². The van der Waals surface area contributed by atoms with Crippen LogP contribution in [0.15, 0.2) is 46.9 Å². The van der Waals surface area contributed by atoms with Crippen molar-refractivity contribution >= 4 is 39.2 Å². The number of rotatable bonds is 4. The summed E-state index contributed by atoms with van der Waals surface area (Å²) in [5.74, 6) is -0.388. The number of carbonyl (C=O) groups is 1. The SMILES string of the molecule is COC(=O)C(Nc1cccc(C)c1)c1ccc(Br)cc1Cl. The van der Waals surface area contributed by atoms with Crippen molar-refractivity contribution in [1.29, 1.82) is 0 Å². The van der Waals surface area contributed by atoms with Gasteiger partial charge in [-0.15, -0.1) is 0 Å². The standard InChI is InChI=1S/C16H15BrClNO2/c1-10-4-3-5-12(8-10)19-15(16(20)21-2)13-7-6-11(17)9-14(13)18/h3-9,15,19H,1-2H3. The van der Waals surface area contributed by atoms with Gasteiger partial charge in [0.2, 0.25) is 0 Å². The van der Waals surface area contributed by atoms with Gasteiger partial charge in [0.1, 0.15) is 0 Å². The summed E-state index contributed by atoms with van der Waals surface area (Å²) in [6.07, 6.45) is 0. The fraction of sp³-hybridized carbons (Fsp3) is 0.188. The Morgan fingerprint density at radius 3 is 2.67 bits per heavy atom. The van der Waals surface area contributed by atoms with Crippen molar-refractivity contribution in [1.82, 2.24) is 0 Å². The molecule has 1 N–H and O–H groups in total. The summed E-state index contributed by atoms with van der Waals surface area (Å²) >= 11 is 9.60. The Bertz CT molecular complexity index is 660. The molecule has 0 saturated carbocycles. The normalized spacial score (nSPS) is 11.8. The zero-order chi connectivity index (χ0) is 15.4. The molecule has 0 fully saturated rings. The van der Waals surface area contributed by atoms with Crippen LogP contribution in [0.3, 0.4) is 0 Å². The van der Waals surface area contributed by atoms with Crippen LogP contribution in [0.2, 0.25) is 5.02 Å². The first-order chi connectivity index (χ1) is 10.0. The number of aryl methyl sites for hydroxylation is 1. The number of hydrogen-bond acceptors (Lipinski definition) is 3. The molecule has 0 bridgehead atoms. The lowest BCUT2D eigenvalue weighted by molar-refractivity contribution is -0.141. The molecule has 2 rings (SSSR count). The summed E-state index contributed by atoms with van der Waals surface area (Å²) in [6.45, 7) is 1.99. The third kappa shape index (κ3) is 3.99. The third-order valence-electron chi connectivity index (χ3n) is 3.04. The van der Waals surface area contributed by atoms with Gasteiger partial charge in [0, 0.05) is 20.7 Å². The van der Waals surface area contributed by atoms with Crippen LogP contribution in [-0.4, -0.2) is 13.1 Å². The first-order valence-electron chi connectivity index (χ1n) is 6.37. The molecule has 110 valence electrons. The molecular weight excluding hydrogens is 354 g/mol. The van der Waals surface area contributed by atoms with Crippen LogP contribution in [0.5, 0.6) is 0 Å². The Labute approximate surface area is 137 Å². The van der Waals surface area contributed by atoms with E-state index in [4.69, 9.17) is 16.3 Å². The molecule has 1 unspecified atom stereocenters. The van der Waals surface area contributed by atoms with Crippen molar-refractivity contribution in [3.63, 3.8) is 0 Å². The first kappa shape index (κ1) is 15.9. The fourth-order valence-corrected chi connectivity index (χ4v) is 2.80. The van der Waals surface area contributed by atoms with E-state index in [1.807, 2.05) is 37.3 Å². The highest BCUT2D eigenvalue weighted by Gasteiger charge is 2.23. The van der Waals surface area contributed by atoms with Crippen LogP contribution in [-0.2, 0) is 9.53 Å². The topological polar surface area (TPSA) is 38.3 Å².